The number of hydrogen-bond donors (Lipinski definition) is 1. The van der Waals surface area contributed by atoms with E-state index in [0.29, 0.717) is 6.54 Å². The molecule has 4 rings (SSSR count). The average molecular weight is 398 g/mol. The van der Waals surface area contributed by atoms with Gasteiger partial charge in [0, 0.05) is 47.7 Å². The Morgan fingerprint density at radius 2 is 1.87 bits per heavy atom. The van der Waals surface area contributed by atoms with Crippen LogP contribution in [0.2, 0.25) is 0 Å². The molecule has 0 spiro atoms. The molecule has 0 aliphatic heterocycles. The number of aromatic nitrogens is 5. The second-order valence-corrected chi connectivity index (χ2v) is 7.19. The van der Waals surface area contributed by atoms with Gasteiger partial charge in [-0.15, -0.1) is 0 Å². The fourth-order valence-corrected chi connectivity index (χ4v) is 3.25. The van der Waals surface area contributed by atoms with Crippen molar-refractivity contribution in [2.75, 3.05) is 0 Å². The maximum atomic E-state index is 12.5. The van der Waals surface area contributed by atoms with Crippen molar-refractivity contribution in [1.29, 1.82) is 0 Å². The van der Waals surface area contributed by atoms with Crippen LogP contribution in [0.1, 0.15) is 22.5 Å². The zero-order chi connectivity index (χ0) is 21.1. The van der Waals surface area contributed by atoms with Crippen LogP contribution < -0.4 is 5.32 Å². The molecule has 4 aromatic heterocycles. The predicted molar refractivity (Wildman–Crippen MR) is 115 cm³/mol. The Bertz CT molecular complexity index is 1210. The lowest BCUT2D eigenvalue weighted by Crippen LogP contribution is -2.28. The monoisotopic (exact) mass is 398 g/mol. The zero-order valence-electron chi connectivity index (χ0n) is 17.1. The summed E-state index contributed by atoms with van der Waals surface area (Å²) >= 11 is 0. The van der Waals surface area contributed by atoms with Gasteiger partial charge in [0.25, 0.3) is 0 Å². The minimum Gasteiger partial charge on any atom is -0.332 e. The van der Waals surface area contributed by atoms with E-state index in [1.54, 1.807) is 24.8 Å². The molecule has 0 fully saturated rings. The molecule has 7 nitrogen and oxygen atoms in total. The van der Waals surface area contributed by atoms with Crippen molar-refractivity contribution in [3.05, 3.63) is 83.7 Å². The molecular formula is C23H22N6O. The summed E-state index contributed by atoms with van der Waals surface area (Å²) in [5.41, 5.74) is 7.35. The predicted octanol–water partition coefficient (Wildman–Crippen LogP) is 4.09. The van der Waals surface area contributed by atoms with Crippen molar-refractivity contribution in [1.82, 2.24) is 30.0 Å². The van der Waals surface area contributed by atoms with Gasteiger partial charge in [0.15, 0.2) is 0 Å². The zero-order valence-corrected chi connectivity index (χ0v) is 17.1. The molecule has 4 heterocycles. The molecule has 0 aliphatic rings. The summed E-state index contributed by atoms with van der Waals surface area (Å²) < 4.78 is 1.29. The molecule has 0 aromatic carbocycles. The number of amides is 1. The molecule has 1 N–H and O–H groups in total. The van der Waals surface area contributed by atoms with Gasteiger partial charge in [-0.1, -0.05) is 12.1 Å². The SMILES string of the molecule is Cc1cc(-c2ncc(CNC(=O)n3cc(-c4cccc(C)n4)cn3)cc2C)ccn1. The first-order chi connectivity index (χ1) is 14.5. The Balaban J connectivity index is 1.44. The van der Waals surface area contributed by atoms with Crippen LogP contribution in [-0.4, -0.2) is 30.8 Å². The molecule has 0 radical (unpaired) electrons. The highest BCUT2D eigenvalue weighted by molar-refractivity contribution is 5.77. The summed E-state index contributed by atoms with van der Waals surface area (Å²) in [6.45, 7) is 6.26. The van der Waals surface area contributed by atoms with Crippen LogP contribution in [0.4, 0.5) is 4.79 Å². The Labute approximate surface area is 174 Å². The summed E-state index contributed by atoms with van der Waals surface area (Å²) in [5, 5.41) is 7.04. The van der Waals surface area contributed by atoms with Crippen molar-refractivity contribution in [2.24, 2.45) is 0 Å². The second-order valence-electron chi connectivity index (χ2n) is 7.19. The number of aryl methyl sites for hydroxylation is 3. The molecule has 0 saturated heterocycles. The van der Waals surface area contributed by atoms with Crippen molar-refractivity contribution >= 4 is 6.03 Å². The molecule has 150 valence electrons. The van der Waals surface area contributed by atoms with Gasteiger partial charge in [-0.05, 0) is 56.2 Å². The third-order valence-corrected chi connectivity index (χ3v) is 4.72. The fraction of sp³-hybridized carbons (Fsp3) is 0.174. The first kappa shape index (κ1) is 19.4. The molecule has 0 aliphatic carbocycles. The number of pyridine rings is 3. The van der Waals surface area contributed by atoms with E-state index in [1.165, 1.54) is 4.68 Å². The molecule has 0 saturated carbocycles. The highest BCUT2D eigenvalue weighted by Crippen LogP contribution is 2.22. The Morgan fingerprint density at radius 1 is 1.00 bits per heavy atom. The number of rotatable bonds is 4. The quantitative estimate of drug-likeness (QED) is 0.560. The second kappa shape index (κ2) is 8.24. The maximum Gasteiger partial charge on any atom is 0.342 e. The van der Waals surface area contributed by atoms with Gasteiger partial charge < -0.3 is 5.32 Å². The van der Waals surface area contributed by atoms with Crippen LogP contribution in [0, 0.1) is 20.8 Å². The minimum atomic E-state index is -0.305. The van der Waals surface area contributed by atoms with Crippen molar-refractivity contribution < 1.29 is 4.79 Å². The summed E-state index contributed by atoms with van der Waals surface area (Å²) in [6, 6.07) is 11.4. The minimum absolute atomic E-state index is 0.305. The lowest BCUT2D eigenvalue weighted by atomic mass is 10.1. The normalized spacial score (nSPS) is 10.8. The number of nitrogens with one attached hydrogen (secondary N) is 1. The third kappa shape index (κ3) is 4.25. The Morgan fingerprint density at radius 3 is 2.63 bits per heavy atom. The number of hydrogen-bond acceptors (Lipinski definition) is 5. The van der Waals surface area contributed by atoms with E-state index < -0.39 is 0 Å². The van der Waals surface area contributed by atoms with Gasteiger partial charge in [-0.3, -0.25) is 15.0 Å². The van der Waals surface area contributed by atoms with Crippen LogP contribution >= 0.6 is 0 Å². The summed E-state index contributed by atoms with van der Waals surface area (Å²) in [5.74, 6) is 0. The summed E-state index contributed by atoms with van der Waals surface area (Å²) in [4.78, 5) is 25.8. The molecule has 0 unspecified atom stereocenters. The molecule has 0 bridgehead atoms. The van der Waals surface area contributed by atoms with E-state index >= 15 is 0 Å². The van der Waals surface area contributed by atoms with Gasteiger partial charge in [0.1, 0.15) is 0 Å². The Kier molecular flexibility index (Phi) is 5.34. The van der Waals surface area contributed by atoms with Crippen molar-refractivity contribution in [3.63, 3.8) is 0 Å². The van der Waals surface area contributed by atoms with E-state index in [2.05, 4.69) is 25.4 Å². The molecule has 30 heavy (non-hydrogen) atoms. The van der Waals surface area contributed by atoms with Crippen LogP contribution in [0.5, 0.6) is 0 Å². The number of nitrogens with zero attached hydrogens (tertiary/aromatic N) is 5. The van der Waals surface area contributed by atoms with Gasteiger partial charge in [-0.2, -0.15) is 9.78 Å². The largest absolute Gasteiger partial charge is 0.342 e. The third-order valence-electron chi connectivity index (χ3n) is 4.72. The molecule has 1 amide bonds. The highest BCUT2D eigenvalue weighted by Gasteiger charge is 2.10. The molecule has 0 atom stereocenters. The average Bonchev–Trinajstić information content (AvgIpc) is 3.22. The van der Waals surface area contributed by atoms with Crippen LogP contribution in [0.15, 0.2) is 61.2 Å². The van der Waals surface area contributed by atoms with Crippen molar-refractivity contribution in [3.8, 4) is 22.5 Å². The summed E-state index contributed by atoms with van der Waals surface area (Å²) in [6.07, 6.45) is 6.88. The Hall–Kier alpha value is -3.87. The van der Waals surface area contributed by atoms with E-state index in [1.807, 2.05) is 57.2 Å². The topological polar surface area (TPSA) is 85.6 Å². The highest BCUT2D eigenvalue weighted by atomic mass is 16.2. The van der Waals surface area contributed by atoms with Crippen LogP contribution in [0.3, 0.4) is 0 Å². The summed E-state index contributed by atoms with van der Waals surface area (Å²) in [7, 11) is 0. The van der Waals surface area contributed by atoms with E-state index in [9.17, 15) is 4.79 Å². The molecule has 7 heteroatoms. The van der Waals surface area contributed by atoms with Gasteiger partial charge >= 0.3 is 6.03 Å². The number of carbonyl (C=O) groups is 1. The van der Waals surface area contributed by atoms with Crippen LogP contribution in [-0.2, 0) is 6.54 Å². The number of carbonyl (C=O) groups excluding carboxylic acids is 1. The maximum absolute atomic E-state index is 12.5. The lowest BCUT2D eigenvalue weighted by Gasteiger charge is -2.09. The fourth-order valence-electron chi connectivity index (χ4n) is 3.25. The standard InChI is InChI=1S/C23H22N6O/c1-15-9-18(11-25-22(15)19-7-8-24-17(3)10-19)12-26-23(30)29-14-20(13-27-29)21-6-4-5-16(2)28-21/h4-11,13-14H,12H2,1-3H3,(H,26,30). The first-order valence-electron chi connectivity index (χ1n) is 9.65. The van der Waals surface area contributed by atoms with Gasteiger partial charge in [0.2, 0.25) is 0 Å². The van der Waals surface area contributed by atoms with Crippen LogP contribution in [0.25, 0.3) is 22.5 Å². The van der Waals surface area contributed by atoms with E-state index in [4.69, 9.17) is 0 Å². The molecule has 4 aromatic rings. The molecular weight excluding hydrogens is 376 g/mol. The van der Waals surface area contributed by atoms with E-state index in [0.717, 1.165) is 45.0 Å². The van der Waals surface area contributed by atoms with E-state index in [-0.39, 0.29) is 6.03 Å². The lowest BCUT2D eigenvalue weighted by molar-refractivity contribution is 0.239. The first-order valence-corrected chi connectivity index (χ1v) is 9.65. The van der Waals surface area contributed by atoms with Gasteiger partial charge in [0.05, 0.1) is 17.6 Å². The van der Waals surface area contributed by atoms with Gasteiger partial charge in [-0.25, -0.2) is 4.79 Å². The van der Waals surface area contributed by atoms with Crippen molar-refractivity contribution in [2.45, 2.75) is 27.3 Å². The smallest absolute Gasteiger partial charge is 0.332 e.